The van der Waals surface area contributed by atoms with Crippen molar-refractivity contribution in [3.8, 4) is 17.6 Å². The molecule has 0 bridgehead atoms. The summed E-state index contributed by atoms with van der Waals surface area (Å²) >= 11 is 12.4. The Kier molecular flexibility index (Phi) is 5.37. The number of hydrogen-bond donors (Lipinski definition) is 1. The van der Waals surface area contributed by atoms with Gasteiger partial charge in [-0.05, 0) is 29.8 Å². The number of allylic oxidation sites excluding steroid dienone is 1. The number of esters is 1. The third-order valence-electron chi connectivity index (χ3n) is 4.71. The van der Waals surface area contributed by atoms with E-state index in [0.29, 0.717) is 21.4 Å². The number of nitrogens with zero attached hydrogens (tertiary/aromatic N) is 1. The van der Waals surface area contributed by atoms with Gasteiger partial charge in [-0.1, -0.05) is 59.6 Å². The Morgan fingerprint density at radius 1 is 1.00 bits per heavy atom. The van der Waals surface area contributed by atoms with Gasteiger partial charge in [0.25, 0.3) is 0 Å². The molecule has 4 rings (SSSR count). The second-order valence-electron chi connectivity index (χ2n) is 6.52. The smallest absolute Gasteiger partial charge is 0.345 e. The molecule has 0 saturated carbocycles. The Hall–Kier alpha value is -3.46. The molecule has 7 heteroatoms. The van der Waals surface area contributed by atoms with Gasteiger partial charge in [0.2, 0.25) is 5.88 Å². The minimum Gasteiger partial charge on any atom is -0.440 e. The fourth-order valence-corrected chi connectivity index (χ4v) is 3.77. The van der Waals surface area contributed by atoms with E-state index in [0.717, 1.165) is 5.56 Å². The first-order chi connectivity index (χ1) is 14.5. The molecule has 3 aromatic carbocycles. The van der Waals surface area contributed by atoms with Crippen LogP contribution in [0.2, 0.25) is 10.0 Å². The Balaban J connectivity index is 1.73. The van der Waals surface area contributed by atoms with E-state index in [-0.39, 0.29) is 22.8 Å². The molecule has 148 valence electrons. The van der Waals surface area contributed by atoms with E-state index in [1.54, 1.807) is 48.5 Å². The predicted octanol–water partition coefficient (Wildman–Crippen LogP) is 5.43. The fraction of sp³-hybridized carbons (Fsp3) is 0.0435. The molecule has 5 nitrogen and oxygen atoms in total. The fourth-order valence-electron chi connectivity index (χ4n) is 3.32. The SMILES string of the molecule is N#CC1=C(N)Oc2cc(OC(=O)c3ccccc3Cl)ccc2C1c1ccccc1Cl. The molecular formula is C23H14Cl2N2O3. The molecule has 30 heavy (non-hydrogen) atoms. The molecule has 0 saturated heterocycles. The summed E-state index contributed by atoms with van der Waals surface area (Å²) < 4.78 is 11.1. The van der Waals surface area contributed by atoms with E-state index in [1.807, 2.05) is 18.2 Å². The van der Waals surface area contributed by atoms with Crippen molar-refractivity contribution >= 4 is 29.2 Å². The molecule has 1 heterocycles. The van der Waals surface area contributed by atoms with Crippen molar-refractivity contribution in [2.24, 2.45) is 5.73 Å². The zero-order valence-electron chi connectivity index (χ0n) is 15.4. The Bertz CT molecular complexity index is 1230. The maximum Gasteiger partial charge on any atom is 0.345 e. The first-order valence-electron chi connectivity index (χ1n) is 8.92. The first-order valence-corrected chi connectivity index (χ1v) is 9.68. The number of carbonyl (C=O) groups is 1. The van der Waals surface area contributed by atoms with Crippen LogP contribution in [0.5, 0.6) is 11.5 Å². The van der Waals surface area contributed by atoms with E-state index in [2.05, 4.69) is 6.07 Å². The molecule has 0 aliphatic carbocycles. The summed E-state index contributed by atoms with van der Waals surface area (Å²) in [6.07, 6.45) is 0. The normalized spacial score (nSPS) is 15.0. The van der Waals surface area contributed by atoms with E-state index >= 15 is 0 Å². The second kappa shape index (κ2) is 8.11. The zero-order valence-corrected chi connectivity index (χ0v) is 16.9. The molecule has 2 N–H and O–H groups in total. The molecule has 0 radical (unpaired) electrons. The van der Waals surface area contributed by atoms with E-state index in [9.17, 15) is 10.1 Å². The maximum absolute atomic E-state index is 12.5. The van der Waals surface area contributed by atoms with Crippen molar-refractivity contribution in [3.63, 3.8) is 0 Å². The van der Waals surface area contributed by atoms with Crippen LogP contribution in [0.1, 0.15) is 27.4 Å². The largest absolute Gasteiger partial charge is 0.440 e. The van der Waals surface area contributed by atoms with Crippen LogP contribution in [0.25, 0.3) is 0 Å². The number of nitrogens with two attached hydrogens (primary N) is 1. The van der Waals surface area contributed by atoms with E-state index < -0.39 is 11.9 Å². The molecule has 3 aromatic rings. The highest BCUT2D eigenvalue weighted by molar-refractivity contribution is 6.33. The van der Waals surface area contributed by atoms with Gasteiger partial charge < -0.3 is 15.2 Å². The lowest BCUT2D eigenvalue weighted by molar-refractivity contribution is 0.0734. The number of hydrogen-bond acceptors (Lipinski definition) is 5. The lowest BCUT2D eigenvalue weighted by Gasteiger charge is -2.27. The third kappa shape index (κ3) is 3.59. The van der Waals surface area contributed by atoms with Crippen molar-refractivity contribution in [2.45, 2.75) is 5.92 Å². The van der Waals surface area contributed by atoms with Crippen LogP contribution in [0.15, 0.2) is 78.2 Å². The molecule has 0 amide bonds. The van der Waals surface area contributed by atoms with Crippen molar-refractivity contribution in [2.75, 3.05) is 0 Å². The zero-order chi connectivity index (χ0) is 21.3. The number of benzene rings is 3. The van der Waals surface area contributed by atoms with Crippen LogP contribution in [0.4, 0.5) is 0 Å². The minimum atomic E-state index is -0.597. The van der Waals surface area contributed by atoms with Crippen LogP contribution in [-0.2, 0) is 0 Å². The van der Waals surface area contributed by atoms with Crippen LogP contribution in [-0.4, -0.2) is 5.97 Å². The number of rotatable bonds is 3. The summed E-state index contributed by atoms with van der Waals surface area (Å²) in [5, 5.41) is 10.4. The molecule has 0 aromatic heterocycles. The number of fused-ring (bicyclic) bond motifs is 1. The maximum atomic E-state index is 12.5. The Labute approximate surface area is 182 Å². The van der Waals surface area contributed by atoms with Crippen LogP contribution < -0.4 is 15.2 Å². The van der Waals surface area contributed by atoms with Gasteiger partial charge in [0.1, 0.15) is 23.1 Å². The number of carbonyl (C=O) groups excluding carboxylic acids is 1. The monoisotopic (exact) mass is 436 g/mol. The standard InChI is InChI=1S/C23H14Cl2N2O3/c24-18-7-3-1-5-14(18)21-16-10-9-13(11-20(16)30-22(27)17(21)12-26)29-23(28)15-6-2-4-8-19(15)25/h1-11,21H,27H2. The summed E-state index contributed by atoms with van der Waals surface area (Å²) in [5.41, 5.74) is 7.93. The van der Waals surface area contributed by atoms with Gasteiger partial charge in [-0.2, -0.15) is 5.26 Å². The van der Waals surface area contributed by atoms with Gasteiger partial charge >= 0.3 is 5.97 Å². The summed E-state index contributed by atoms with van der Waals surface area (Å²) in [5.74, 6) is -0.490. The number of nitriles is 1. The summed E-state index contributed by atoms with van der Waals surface area (Å²) in [6, 6.07) is 20.8. The highest BCUT2D eigenvalue weighted by Crippen LogP contribution is 2.45. The quantitative estimate of drug-likeness (QED) is 0.436. The van der Waals surface area contributed by atoms with E-state index in [1.165, 1.54) is 0 Å². The minimum absolute atomic E-state index is 0.0236. The van der Waals surface area contributed by atoms with E-state index in [4.69, 9.17) is 38.4 Å². The highest BCUT2D eigenvalue weighted by Gasteiger charge is 2.32. The summed E-state index contributed by atoms with van der Waals surface area (Å²) in [6.45, 7) is 0. The van der Waals surface area contributed by atoms with Crippen molar-refractivity contribution in [3.05, 3.63) is 105 Å². The number of halogens is 2. The molecule has 1 unspecified atom stereocenters. The first kappa shape index (κ1) is 19.8. The second-order valence-corrected chi connectivity index (χ2v) is 7.33. The molecule has 0 spiro atoms. The van der Waals surface area contributed by atoms with Gasteiger partial charge in [0, 0.05) is 16.7 Å². The topological polar surface area (TPSA) is 85.3 Å². The number of ether oxygens (including phenoxy) is 2. The lowest BCUT2D eigenvalue weighted by Crippen LogP contribution is -2.21. The average Bonchev–Trinajstić information content (AvgIpc) is 2.73. The molecule has 1 aliphatic heterocycles. The highest BCUT2D eigenvalue weighted by atomic mass is 35.5. The summed E-state index contributed by atoms with van der Waals surface area (Å²) in [7, 11) is 0. The Morgan fingerprint density at radius 2 is 1.70 bits per heavy atom. The van der Waals surface area contributed by atoms with Crippen molar-refractivity contribution in [1.82, 2.24) is 0 Å². The van der Waals surface area contributed by atoms with Crippen molar-refractivity contribution in [1.29, 1.82) is 5.26 Å². The average molecular weight is 437 g/mol. The molecule has 1 aliphatic rings. The molecule has 1 atom stereocenters. The van der Waals surface area contributed by atoms with Crippen molar-refractivity contribution < 1.29 is 14.3 Å². The Morgan fingerprint density at radius 3 is 2.40 bits per heavy atom. The van der Waals surface area contributed by atoms with Gasteiger partial charge in [-0.3, -0.25) is 0 Å². The molecule has 0 fully saturated rings. The van der Waals surface area contributed by atoms with Crippen LogP contribution in [0, 0.1) is 11.3 Å². The van der Waals surface area contributed by atoms with Gasteiger partial charge in [0.05, 0.1) is 16.5 Å². The van der Waals surface area contributed by atoms with Gasteiger partial charge in [-0.15, -0.1) is 0 Å². The van der Waals surface area contributed by atoms with Crippen LogP contribution >= 0.6 is 23.2 Å². The molecular weight excluding hydrogens is 423 g/mol. The third-order valence-corrected chi connectivity index (χ3v) is 5.38. The summed E-state index contributed by atoms with van der Waals surface area (Å²) in [4.78, 5) is 12.5. The van der Waals surface area contributed by atoms with Crippen LogP contribution in [0.3, 0.4) is 0 Å². The van der Waals surface area contributed by atoms with Gasteiger partial charge in [0.15, 0.2) is 0 Å². The lowest BCUT2D eigenvalue weighted by atomic mass is 9.83. The van der Waals surface area contributed by atoms with Gasteiger partial charge in [-0.25, -0.2) is 4.79 Å². The predicted molar refractivity (Wildman–Crippen MR) is 114 cm³/mol.